The predicted molar refractivity (Wildman–Crippen MR) is 207 cm³/mol. The first-order valence-electron chi connectivity index (χ1n) is 18.2. The van der Waals surface area contributed by atoms with Gasteiger partial charge in [0.1, 0.15) is 12.2 Å². The van der Waals surface area contributed by atoms with Gasteiger partial charge in [0.15, 0.2) is 6.10 Å². The molecule has 2 aromatic rings. The highest BCUT2D eigenvalue weighted by Crippen LogP contribution is 2.30. The topological polar surface area (TPSA) is 189 Å². The Kier molecular flexibility index (Phi) is 15.4. The minimum absolute atomic E-state index is 0.00494. The quantitative estimate of drug-likeness (QED) is 0.188. The van der Waals surface area contributed by atoms with Crippen LogP contribution in [0.15, 0.2) is 119 Å². The lowest BCUT2D eigenvalue weighted by Gasteiger charge is -2.32. The smallest absolute Gasteiger partial charge is 0.405 e. The molecule has 4 rings (SSSR count). The molecule has 2 bridgehead atoms. The Hall–Kier alpha value is -5.92. The second kappa shape index (κ2) is 20.1. The number of methoxy groups -OCH3 is 2. The molecule has 1 aliphatic heterocycles. The van der Waals surface area contributed by atoms with E-state index in [4.69, 9.17) is 24.7 Å². The molecule has 1 heterocycles. The number of hydrogen-bond acceptors (Lipinski definition) is 10. The monoisotopic (exact) mass is 767 g/mol. The summed E-state index contributed by atoms with van der Waals surface area (Å²) in [7, 11) is 2.89. The van der Waals surface area contributed by atoms with Crippen LogP contribution in [0.1, 0.15) is 56.5 Å². The number of hydrogen-bond donors (Lipinski definition) is 3. The molecule has 0 radical (unpaired) electrons. The first kappa shape index (κ1) is 42.8. The van der Waals surface area contributed by atoms with Crippen molar-refractivity contribution >= 4 is 35.4 Å². The van der Waals surface area contributed by atoms with Crippen molar-refractivity contribution in [3.63, 3.8) is 0 Å². The van der Waals surface area contributed by atoms with Crippen LogP contribution >= 0.6 is 0 Å². The molecule has 56 heavy (non-hydrogen) atoms. The van der Waals surface area contributed by atoms with Crippen molar-refractivity contribution < 1.29 is 47.7 Å². The zero-order chi connectivity index (χ0) is 40.9. The fraction of sp³-hybridized carbons (Fsp3) is 0.349. The number of ether oxygens (including phenoxy) is 4. The number of nitrogens with one attached hydrogen (secondary N) is 2. The number of carbonyl (C=O) groups is 6. The van der Waals surface area contributed by atoms with Crippen molar-refractivity contribution in [3.05, 3.63) is 130 Å². The van der Waals surface area contributed by atoms with E-state index in [0.29, 0.717) is 5.57 Å². The summed E-state index contributed by atoms with van der Waals surface area (Å²) < 4.78 is 23.3. The molecule has 0 saturated carbocycles. The van der Waals surface area contributed by atoms with Crippen molar-refractivity contribution in [3.8, 4) is 0 Å². The van der Waals surface area contributed by atoms with Crippen LogP contribution < -0.4 is 16.4 Å². The van der Waals surface area contributed by atoms with E-state index in [0.717, 1.165) is 11.6 Å². The first-order chi connectivity index (χ1) is 26.7. The molecule has 4 N–H and O–H groups in total. The van der Waals surface area contributed by atoms with Gasteiger partial charge < -0.3 is 35.3 Å². The van der Waals surface area contributed by atoms with Gasteiger partial charge in [0.25, 0.3) is 11.8 Å². The van der Waals surface area contributed by atoms with Crippen LogP contribution in [0.25, 0.3) is 0 Å². The number of rotatable bonds is 8. The molecule has 0 aromatic heterocycles. The summed E-state index contributed by atoms with van der Waals surface area (Å²) in [6, 6.07) is 17.3. The molecule has 13 heteroatoms. The van der Waals surface area contributed by atoms with Crippen LogP contribution in [0.5, 0.6) is 0 Å². The molecule has 13 nitrogen and oxygen atoms in total. The molecular weight excluding hydrogens is 718 g/mol. The number of fused-ring (bicyclic) bond motifs is 2. The SMILES string of the molecule is CO[C@H]1/C=C\C=C(/C)C(=O)NC2=CC(=O)C(NC(=O)c3ccccc3)=C(C[C@@H](C)C[C@H](OC)[C@@H](OC(=O)Cc3ccccc3)[C@@H](C)/C=C(\C)[C@@H]1OC(N)=O)C2=O. The van der Waals surface area contributed by atoms with Crippen LogP contribution in [-0.2, 0) is 44.5 Å². The Bertz CT molecular complexity index is 1950. The number of benzene rings is 2. The number of amides is 3. The molecule has 0 spiro atoms. The third-order valence-electron chi connectivity index (χ3n) is 9.49. The van der Waals surface area contributed by atoms with Crippen molar-refractivity contribution in [1.82, 2.24) is 10.6 Å². The maximum atomic E-state index is 14.1. The van der Waals surface area contributed by atoms with Gasteiger partial charge in [0, 0.05) is 42.9 Å². The standard InChI is InChI=1S/C43H49N3O10/c1-25-20-31-37(46-42(51)30-17-11-8-12-18-30)33(47)24-32(38(31)49)45-41(50)26(2)14-13-19-34(53-5)39(56-43(44)52)27(3)22-28(4)40(35(21-25)54-6)55-36(48)23-29-15-9-7-10-16-29/h7-19,22,24-25,28,34-35,39-40H,20-21,23H2,1-6H3,(H2,44,52)(H,45,50)(H,46,51)/b19-13-,26-14+,27-22+/t25-,28+,34+,35+,39+,40+/m1/s1. The van der Waals surface area contributed by atoms with E-state index >= 15 is 0 Å². The van der Waals surface area contributed by atoms with Gasteiger partial charge in [-0.05, 0) is 55.9 Å². The molecule has 0 saturated heterocycles. The average Bonchev–Trinajstić information content (AvgIpc) is 3.17. The lowest BCUT2D eigenvalue weighted by Crippen LogP contribution is -2.40. The molecule has 2 aromatic carbocycles. The van der Waals surface area contributed by atoms with Crippen LogP contribution in [0.4, 0.5) is 4.79 Å². The lowest BCUT2D eigenvalue weighted by atomic mass is 9.85. The van der Waals surface area contributed by atoms with Gasteiger partial charge in [-0.15, -0.1) is 0 Å². The summed E-state index contributed by atoms with van der Waals surface area (Å²) in [6.45, 7) is 6.89. The lowest BCUT2D eigenvalue weighted by molar-refractivity contribution is -0.159. The maximum absolute atomic E-state index is 14.1. The fourth-order valence-electron chi connectivity index (χ4n) is 6.62. The number of esters is 1. The van der Waals surface area contributed by atoms with Gasteiger partial charge in [-0.3, -0.25) is 24.0 Å². The molecular formula is C43H49N3O10. The van der Waals surface area contributed by atoms with E-state index in [-0.39, 0.29) is 47.4 Å². The number of primary amides is 1. The van der Waals surface area contributed by atoms with E-state index in [1.807, 2.05) is 44.2 Å². The molecule has 0 unspecified atom stereocenters. The van der Waals surface area contributed by atoms with Crippen LogP contribution in [0, 0.1) is 11.8 Å². The van der Waals surface area contributed by atoms with E-state index in [2.05, 4.69) is 10.6 Å². The Morgan fingerprint density at radius 2 is 1.57 bits per heavy atom. The minimum Gasteiger partial charge on any atom is -0.459 e. The summed E-state index contributed by atoms with van der Waals surface area (Å²) in [4.78, 5) is 79.9. The zero-order valence-corrected chi connectivity index (χ0v) is 32.4. The largest absolute Gasteiger partial charge is 0.459 e. The van der Waals surface area contributed by atoms with Gasteiger partial charge in [0.2, 0.25) is 11.6 Å². The second-order valence-corrected chi connectivity index (χ2v) is 13.9. The summed E-state index contributed by atoms with van der Waals surface area (Å²) in [6.07, 6.45) is 2.96. The third-order valence-corrected chi connectivity index (χ3v) is 9.49. The highest BCUT2D eigenvalue weighted by atomic mass is 16.6. The summed E-state index contributed by atoms with van der Waals surface area (Å²) in [5.74, 6) is -4.02. The van der Waals surface area contributed by atoms with E-state index in [1.54, 1.807) is 49.4 Å². The number of carbonyl (C=O) groups excluding carboxylic acids is 6. The van der Waals surface area contributed by atoms with Crippen molar-refractivity contribution in [2.45, 2.75) is 71.4 Å². The van der Waals surface area contributed by atoms with Crippen LogP contribution in [0.3, 0.4) is 0 Å². The first-order valence-corrected chi connectivity index (χ1v) is 18.2. The van der Waals surface area contributed by atoms with E-state index in [1.165, 1.54) is 33.3 Å². The molecule has 2 aliphatic rings. The molecule has 6 atom stereocenters. The third kappa shape index (κ3) is 11.5. The number of allylic oxidation sites excluding steroid dienone is 4. The normalized spacial score (nSPS) is 26.4. The second-order valence-electron chi connectivity index (χ2n) is 13.9. The Morgan fingerprint density at radius 3 is 2.20 bits per heavy atom. The van der Waals surface area contributed by atoms with Crippen molar-refractivity contribution in [1.29, 1.82) is 0 Å². The van der Waals surface area contributed by atoms with Crippen molar-refractivity contribution in [2.24, 2.45) is 17.6 Å². The maximum Gasteiger partial charge on any atom is 0.405 e. The van der Waals surface area contributed by atoms with Gasteiger partial charge in [0.05, 0.1) is 23.9 Å². The fourth-order valence-corrected chi connectivity index (χ4v) is 6.62. The number of nitrogens with two attached hydrogens (primary N) is 1. The highest BCUT2D eigenvalue weighted by molar-refractivity contribution is 6.24. The Morgan fingerprint density at radius 1 is 0.911 bits per heavy atom. The molecule has 0 fully saturated rings. The highest BCUT2D eigenvalue weighted by Gasteiger charge is 2.36. The zero-order valence-electron chi connectivity index (χ0n) is 32.4. The van der Waals surface area contributed by atoms with E-state index < -0.39 is 71.7 Å². The molecule has 3 amide bonds. The Balaban J connectivity index is 1.81. The van der Waals surface area contributed by atoms with Crippen LogP contribution in [0.2, 0.25) is 0 Å². The summed E-state index contributed by atoms with van der Waals surface area (Å²) in [5, 5.41) is 5.18. The van der Waals surface area contributed by atoms with Crippen LogP contribution in [-0.4, -0.2) is 74.1 Å². The Labute approximate surface area is 326 Å². The van der Waals surface area contributed by atoms with Gasteiger partial charge in [-0.25, -0.2) is 4.79 Å². The summed E-state index contributed by atoms with van der Waals surface area (Å²) >= 11 is 0. The van der Waals surface area contributed by atoms with Gasteiger partial charge in [-0.2, -0.15) is 0 Å². The predicted octanol–water partition coefficient (Wildman–Crippen LogP) is 4.99. The van der Waals surface area contributed by atoms with E-state index in [9.17, 15) is 28.8 Å². The van der Waals surface area contributed by atoms with Gasteiger partial charge >= 0.3 is 12.1 Å². The minimum atomic E-state index is -1.04. The van der Waals surface area contributed by atoms with Gasteiger partial charge in [-0.1, -0.05) is 86.7 Å². The number of ketones is 2. The average molecular weight is 768 g/mol. The molecule has 1 aliphatic carbocycles. The summed E-state index contributed by atoms with van der Waals surface area (Å²) in [5.41, 5.74) is 6.74. The molecule has 296 valence electrons. The number of Topliss-reactive ketones (excluding diaryl/α,β-unsaturated/α-hetero) is 1. The van der Waals surface area contributed by atoms with Crippen molar-refractivity contribution in [2.75, 3.05) is 14.2 Å².